The van der Waals surface area contributed by atoms with E-state index >= 15 is 0 Å². The van der Waals surface area contributed by atoms with Crippen LogP contribution in [0.15, 0.2) is 60.7 Å². The lowest BCUT2D eigenvalue weighted by Crippen LogP contribution is -3.00. The summed E-state index contributed by atoms with van der Waals surface area (Å²) < 4.78 is 48.2. The molecule has 310 valence electrons. The average molecular weight is 1020 g/mol. The van der Waals surface area contributed by atoms with Gasteiger partial charge < -0.3 is 94.8 Å². The highest BCUT2D eigenvalue weighted by Crippen LogP contribution is 2.49. The quantitative estimate of drug-likeness (QED) is 0.115. The largest absolute Gasteiger partial charge is 1.00 e. The predicted molar refractivity (Wildman–Crippen MR) is 210 cm³/mol. The molecule has 0 radical (unpaired) electrons. The van der Waals surface area contributed by atoms with E-state index in [1.165, 1.54) is 84.7 Å². The minimum Gasteiger partial charge on any atom is -1.00 e. The summed E-state index contributed by atoms with van der Waals surface area (Å²) in [6.07, 6.45) is 12.2. The van der Waals surface area contributed by atoms with Gasteiger partial charge in [0.25, 0.3) is 0 Å². The second-order valence-corrected chi connectivity index (χ2v) is 17.0. The fourth-order valence-corrected chi connectivity index (χ4v) is 10.4. The molecule has 0 bridgehead atoms. The summed E-state index contributed by atoms with van der Waals surface area (Å²) in [5, 5.41) is 0. The molecule has 4 aromatic carbocycles. The summed E-state index contributed by atoms with van der Waals surface area (Å²) in [4.78, 5) is 0. The zero-order valence-corrected chi connectivity index (χ0v) is 37.9. The van der Waals surface area contributed by atoms with Gasteiger partial charge in [0, 0.05) is 35.1 Å². The van der Waals surface area contributed by atoms with Crippen LogP contribution < -0.4 is 85.8 Å². The summed E-state index contributed by atoms with van der Waals surface area (Å²) in [7, 11) is 4.89. The smallest absolute Gasteiger partial charge is 0.231 e. The minimum atomic E-state index is 0. The number of hydrogen-bond acceptors (Lipinski definition) is 8. The lowest BCUT2D eigenvalue weighted by atomic mass is 9.85. The van der Waals surface area contributed by atoms with E-state index in [1.807, 2.05) is 0 Å². The molecule has 4 unspecified atom stereocenters. The first-order valence-corrected chi connectivity index (χ1v) is 20.8. The summed E-state index contributed by atoms with van der Waals surface area (Å²) >= 11 is 0. The molecule has 0 aliphatic carbocycles. The third kappa shape index (κ3) is 7.87. The van der Waals surface area contributed by atoms with Crippen LogP contribution in [0.3, 0.4) is 0 Å². The van der Waals surface area contributed by atoms with Gasteiger partial charge in [-0.15, -0.1) is 0 Å². The summed E-state index contributed by atoms with van der Waals surface area (Å²) in [5.74, 6) is 6.81. The number of unbranched alkanes of at least 4 members (excludes halogenated alkanes) is 7. The van der Waals surface area contributed by atoms with Gasteiger partial charge in [-0.3, -0.25) is 0 Å². The average Bonchev–Trinajstić information content (AvgIpc) is 4.04. The van der Waals surface area contributed by atoms with E-state index in [0.29, 0.717) is 13.6 Å². The zero-order valence-electron chi connectivity index (χ0n) is 33.6. The molecular formula is C46H54I2N2O8. The molecule has 10 nitrogen and oxygen atoms in total. The maximum atomic E-state index is 5.86. The summed E-state index contributed by atoms with van der Waals surface area (Å²) in [6.45, 7) is 5.62. The summed E-state index contributed by atoms with van der Waals surface area (Å²) in [6, 6.07) is 22.3. The van der Waals surface area contributed by atoms with Crippen LogP contribution in [-0.4, -0.2) is 76.4 Å². The Morgan fingerprint density at radius 2 is 0.741 bits per heavy atom. The van der Waals surface area contributed by atoms with Gasteiger partial charge in [-0.1, -0.05) is 25.7 Å². The van der Waals surface area contributed by atoms with E-state index in [2.05, 4.69) is 74.8 Å². The highest BCUT2D eigenvalue weighted by Gasteiger charge is 2.43. The van der Waals surface area contributed by atoms with Crippen LogP contribution in [0.2, 0.25) is 0 Å². The van der Waals surface area contributed by atoms with Gasteiger partial charge in [-0.2, -0.15) is 0 Å². The first-order chi connectivity index (χ1) is 27.4. The number of hydrogen-bond donors (Lipinski definition) is 0. The fourth-order valence-electron chi connectivity index (χ4n) is 10.4. The third-order valence-corrected chi connectivity index (χ3v) is 13.4. The number of halogens is 2. The van der Waals surface area contributed by atoms with Crippen molar-refractivity contribution in [2.24, 2.45) is 0 Å². The molecule has 4 aromatic rings. The molecule has 10 rings (SSSR count). The van der Waals surface area contributed by atoms with Crippen molar-refractivity contribution in [3.8, 4) is 46.0 Å². The van der Waals surface area contributed by atoms with E-state index in [4.69, 9.17) is 37.9 Å². The Hall–Kier alpha value is -3.34. The Balaban J connectivity index is 0.00000235. The van der Waals surface area contributed by atoms with Gasteiger partial charge in [0.1, 0.15) is 12.1 Å². The first kappa shape index (κ1) is 41.4. The van der Waals surface area contributed by atoms with Crippen molar-refractivity contribution in [3.05, 3.63) is 94.0 Å². The molecule has 12 heteroatoms. The molecule has 58 heavy (non-hydrogen) atoms. The van der Waals surface area contributed by atoms with E-state index < -0.39 is 0 Å². The van der Waals surface area contributed by atoms with Gasteiger partial charge in [-0.25, -0.2) is 0 Å². The molecule has 0 fully saturated rings. The maximum Gasteiger partial charge on any atom is 0.231 e. The minimum absolute atomic E-state index is 0. The van der Waals surface area contributed by atoms with E-state index in [1.54, 1.807) is 0 Å². The van der Waals surface area contributed by atoms with E-state index in [9.17, 15) is 0 Å². The van der Waals surface area contributed by atoms with E-state index in [-0.39, 0.29) is 73.6 Å². The number of likely N-dealkylation sites (N-methyl/N-ethyl adjacent to an activating group) is 2. The van der Waals surface area contributed by atoms with Gasteiger partial charge in [0.05, 0.1) is 40.3 Å². The molecule has 0 N–H and O–H groups in total. The van der Waals surface area contributed by atoms with Crippen LogP contribution >= 0.6 is 0 Å². The number of benzene rings is 4. The van der Waals surface area contributed by atoms with Crippen molar-refractivity contribution in [2.45, 2.75) is 76.3 Å². The molecule has 6 heterocycles. The van der Waals surface area contributed by atoms with Crippen LogP contribution in [0.1, 0.15) is 96.8 Å². The molecule has 6 aliphatic rings. The SMILES string of the molecule is C[N+]1(CCCCCCCCCC[N+]2(C)CCc3cc4c(cc3C2c2ccc3c(c2)OCO3)OCO4)CCc2cc3c(cc2C1c1ccc2c(c1)OCO2)OCO3.[I-].[I-]. The summed E-state index contributed by atoms with van der Waals surface area (Å²) in [5.41, 5.74) is 7.98. The Kier molecular flexibility index (Phi) is 12.4. The highest BCUT2D eigenvalue weighted by molar-refractivity contribution is 5.55. The van der Waals surface area contributed by atoms with Gasteiger partial charge in [0.15, 0.2) is 46.0 Å². The third-order valence-electron chi connectivity index (χ3n) is 13.4. The molecule has 0 spiro atoms. The Bertz CT molecular complexity index is 1980. The second kappa shape index (κ2) is 17.3. The molecular weight excluding hydrogens is 962 g/mol. The van der Waals surface area contributed by atoms with Crippen molar-refractivity contribution in [2.75, 3.05) is 67.4 Å². The van der Waals surface area contributed by atoms with Crippen LogP contribution in [0.25, 0.3) is 0 Å². The monoisotopic (exact) mass is 1020 g/mol. The second-order valence-electron chi connectivity index (χ2n) is 17.0. The number of quaternary nitrogens is 2. The zero-order chi connectivity index (χ0) is 37.7. The van der Waals surface area contributed by atoms with Crippen LogP contribution in [0.5, 0.6) is 46.0 Å². The van der Waals surface area contributed by atoms with Crippen molar-refractivity contribution in [3.63, 3.8) is 0 Å². The lowest BCUT2D eigenvalue weighted by Gasteiger charge is -2.46. The molecule has 6 aliphatic heterocycles. The Labute approximate surface area is 376 Å². The van der Waals surface area contributed by atoms with Crippen molar-refractivity contribution >= 4 is 0 Å². The molecule has 0 aromatic heterocycles. The van der Waals surface area contributed by atoms with Crippen molar-refractivity contribution in [1.29, 1.82) is 0 Å². The van der Waals surface area contributed by atoms with Crippen molar-refractivity contribution in [1.82, 2.24) is 0 Å². The molecule has 0 saturated carbocycles. The molecule has 0 saturated heterocycles. The number of nitrogens with zero attached hydrogens (tertiary/aromatic N) is 2. The highest BCUT2D eigenvalue weighted by atomic mass is 127. The van der Waals surface area contributed by atoms with Gasteiger partial charge in [0.2, 0.25) is 27.2 Å². The van der Waals surface area contributed by atoms with Gasteiger partial charge >= 0.3 is 0 Å². The van der Waals surface area contributed by atoms with Crippen LogP contribution in [0.4, 0.5) is 0 Å². The molecule has 0 amide bonds. The van der Waals surface area contributed by atoms with Crippen molar-refractivity contribution < 1.29 is 94.8 Å². The fraction of sp³-hybridized carbons (Fsp3) is 0.478. The normalized spacial score (nSPS) is 23.8. The van der Waals surface area contributed by atoms with Crippen LogP contribution in [0, 0.1) is 0 Å². The Morgan fingerprint density at radius 3 is 1.14 bits per heavy atom. The Morgan fingerprint density at radius 1 is 0.414 bits per heavy atom. The first-order valence-electron chi connectivity index (χ1n) is 20.8. The van der Waals surface area contributed by atoms with Gasteiger partial charge in [-0.05, 0) is 97.5 Å². The topological polar surface area (TPSA) is 73.8 Å². The maximum absolute atomic E-state index is 5.86. The van der Waals surface area contributed by atoms with E-state index in [0.717, 1.165) is 94.0 Å². The molecule has 4 atom stereocenters. The number of fused-ring (bicyclic) bond motifs is 6. The number of ether oxygens (including phenoxy) is 8. The predicted octanol–water partition coefficient (Wildman–Crippen LogP) is 2.61. The number of rotatable bonds is 13. The van der Waals surface area contributed by atoms with Crippen LogP contribution in [-0.2, 0) is 12.8 Å². The lowest BCUT2D eigenvalue weighted by molar-refractivity contribution is -0.935. The standard InChI is InChI=1S/C46H54N2O8.2HI/c1-47(19-15-31-21-41-43(55-29-53-41)25-35(31)45(47)33-11-13-37-39(23-33)51-27-49-37)17-9-7-5-3-4-6-8-10-18-48(2)20-16-32-22-42-44(56-30-54-42)26-36(32)46(48)34-12-14-38-40(24-34)52-28-50-38;;/h11-14,21-26,45-46H,3-10,15-20,27-30H2,1-2H3;2*1H/q+2;;/p-2.